The smallest absolute Gasteiger partial charge is 0.160 e. The van der Waals surface area contributed by atoms with Gasteiger partial charge >= 0.3 is 0 Å². The molecule has 4 heteroatoms. The van der Waals surface area contributed by atoms with Crippen molar-refractivity contribution in [1.29, 1.82) is 0 Å². The lowest BCUT2D eigenvalue weighted by molar-refractivity contribution is 0.669. The van der Waals surface area contributed by atoms with E-state index in [9.17, 15) is 0 Å². The predicted molar refractivity (Wildman–Crippen MR) is 142 cm³/mol. The summed E-state index contributed by atoms with van der Waals surface area (Å²) in [5.41, 5.74) is 6.07. The van der Waals surface area contributed by atoms with E-state index in [1.54, 1.807) is 0 Å². The first-order valence-electron chi connectivity index (χ1n) is 10.6. The summed E-state index contributed by atoms with van der Waals surface area (Å²) in [4.78, 5) is 9.82. The number of rotatable bonds is 4. The molecule has 0 unspecified atom stereocenters. The van der Waals surface area contributed by atoms with Crippen LogP contribution in [0.1, 0.15) is 23.6 Å². The van der Waals surface area contributed by atoms with Gasteiger partial charge < -0.3 is 4.42 Å². The van der Waals surface area contributed by atoms with E-state index in [0.717, 1.165) is 48.8 Å². The monoisotopic (exact) mass is 492 g/mol. The zero-order valence-electron chi connectivity index (χ0n) is 18.1. The first-order valence-corrected chi connectivity index (χ1v) is 11.4. The Bertz CT molecular complexity index is 1530. The molecule has 0 saturated heterocycles. The molecule has 0 radical (unpaired) electrons. The van der Waals surface area contributed by atoms with Gasteiger partial charge in [-0.25, -0.2) is 9.98 Å². The van der Waals surface area contributed by atoms with Crippen molar-refractivity contribution in [1.82, 2.24) is 0 Å². The largest absolute Gasteiger partial charge is 0.456 e. The topological polar surface area (TPSA) is 37.9 Å². The van der Waals surface area contributed by atoms with Crippen molar-refractivity contribution in [3.05, 3.63) is 125 Å². The molecule has 160 valence electrons. The molecule has 0 fully saturated rings. The maximum atomic E-state index is 6.07. The lowest BCUT2D eigenvalue weighted by Crippen LogP contribution is -2.04. The van der Waals surface area contributed by atoms with Gasteiger partial charge in [0.25, 0.3) is 0 Å². The van der Waals surface area contributed by atoms with Gasteiger partial charge in [0.2, 0.25) is 0 Å². The Balaban J connectivity index is 1.66. The van der Waals surface area contributed by atoms with E-state index in [1.807, 2.05) is 97.9 Å². The van der Waals surface area contributed by atoms with Crippen LogP contribution in [0.2, 0.25) is 0 Å². The third kappa shape index (κ3) is 4.30. The molecule has 1 aromatic heterocycles. The molecular weight excluding hydrogens is 472 g/mol. The van der Waals surface area contributed by atoms with Crippen molar-refractivity contribution >= 4 is 55.1 Å². The fraction of sp³-hybridized carbons (Fsp3) is 0.0345. The van der Waals surface area contributed by atoms with Crippen molar-refractivity contribution < 1.29 is 4.42 Å². The van der Waals surface area contributed by atoms with Crippen LogP contribution in [0.15, 0.2) is 123 Å². The molecule has 0 aliphatic heterocycles. The molecule has 0 N–H and O–H groups in total. The van der Waals surface area contributed by atoms with Crippen LogP contribution in [0.25, 0.3) is 27.6 Å². The fourth-order valence-electron chi connectivity index (χ4n) is 3.87. The Labute approximate surface area is 200 Å². The Morgan fingerprint density at radius 1 is 0.758 bits per heavy atom. The third-order valence-corrected chi connectivity index (χ3v) is 6.00. The van der Waals surface area contributed by atoms with Gasteiger partial charge in [0.05, 0.1) is 5.70 Å². The number of halogens is 1. The standard InChI is InChI=1S/C29H21BrN2O/c1-19(21-10-5-3-6-11-21)31-29(22-12-7-4-8-13-22)32-20(2)24-14-9-15-27-28(24)25-18-23(30)16-17-26(25)33-27/h3-18H,2H2,1H3/b31-19+,32-29-. The molecule has 0 aliphatic carbocycles. The number of benzene rings is 4. The number of nitrogens with zero attached hydrogens (tertiary/aromatic N) is 2. The Morgan fingerprint density at radius 3 is 2.18 bits per heavy atom. The van der Waals surface area contributed by atoms with Crippen LogP contribution < -0.4 is 0 Å². The minimum atomic E-state index is 0.618. The van der Waals surface area contributed by atoms with Gasteiger partial charge in [-0.3, -0.25) is 0 Å². The van der Waals surface area contributed by atoms with Crippen molar-refractivity contribution in [2.24, 2.45) is 9.98 Å². The number of fused-ring (bicyclic) bond motifs is 3. The van der Waals surface area contributed by atoms with Crippen LogP contribution in [-0.2, 0) is 0 Å². The Hall–Kier alpha value is -3.76. The minimum absolute atomic E-state index is 0.618. The highest BCUT2D eigenvalue weighted by atomic mass is 79.9. The van der Waals surface area contributed by atoms with Crippen molar-refractivity contribution in [2.45, 2.75) is 6.92 Å². The maximum Gasteiger partial charge on any atom is 0.160 e. The SMILES string of the molecule is C=C(/N=C(\N=C(/C)c1ccccc1)c1ccccc1)c1cccc2oc3ccc(Br)cc3c12. The van der Waals surface area contributed by atoms with E-state index in [4.69, 9.17) is 14.4 Å². The summed E-state index contributed by atoms with van der Waals surface area (Å²) >= 11 is 3.58. The molecule has 0 bridgehead atoms. The second kappa shape index (κ2) is 9.00. The lowest BCUT2D eigenvalue weighted by atomic mass is 10.0. The van der Waals surface area contributed by atoms with Gasteiger partial charge in [-0.1, -0.05) is 95.3 Å². The highest BCUT2D eigenvalue weighted by Crippen LogP contribution is 2.36. The number of hydrogen-bond donors (Lipinski definition) is 0. The van der Waals surface area contributed by atoms with Crippen molar-refractivity contribution in [2.75, 3.05) is 0 Å². The zero-order chi connectivity index (χ0) is 22.8. The second-order valence-electron chi connectivity index (χ2n) is 7.73. The molecule has 0 amide bonds. The summed E-state index contributed by atoms with van der Waals surface area (Å²) < 4.78 is 7.07. The first-order chi connectivity index (χ1) is 16.1. The van der Waals surface area contributed by atoms with Crippen LogP contribution in [0.5, 0.6) is 0 Å². The van der Waals surface area contributed by atoms with Gasteiger partial charge in [0.15, 0.2) is 5.84 Å². The molecule has 0 aliphatic rings. The number of amidine groups is 1. The molecule has 1 heterocycles. The van der Waals surface area contributed by atoms with Gasteiger partial charge in [-0.05, 0) is 36.8 Å². The quantitative estimate of drug-likeness (QED) is 0.183. The van der Waals surface area contributed by atoms with Crippen LogP contribution in [0.3, 0.4) is 0 Å². The van der Waals surface area contributed by atoms with Crippen LogP contribution in [0.4, 0.5) is 0 Å². The average Bonchev–Trinajstić information content (AvgIpc) is 3.22. The van der Waals surface area contributed by atoms with E-state index in [2.05, 4.69) is 28.6 Å². The van der Waals surface area contributed by atoms with Gasteiger partial charge in [-0.15, -0.1) is 0 Å². The fourth-order valence-corrected chi connectivity index (χ4v) is 4.23. The normalized spacial score (nSPS) is 12.4. The summed E-state index contributed by atoms with van der Waals surface area (Å²) in [6.45, 7) is 6.32. The van der Waals surface area contributed by atoms with Crippen molar-refractivity contribution in [3.8, 4) is 0 Å². The minimum Gasteiger partial charge on any atom is -0.456 e. The summed E-state index contributed by atoms with van der Waals surface area (Å²) in [6, 6.07) is 32.1. The van der Waals surface area contributed by atoms with E-state index in [0.29, 0.717) is 11.5 Å². The molecule has 33 heavy (non-hydrogen) atoms. The molecule has 0 spiro atoms. The van der Waals surface area contributed by atoms with E-state index in [1.165, 1.54) is 0 Å². The zero-order valence-corrected chi connectivity index (χ0v) is 19.7. The van der Waals surface area contributed by atoms with Crippen LogP contribution >= 0.6 is 15.9 Å². The lowest BCUT2D eigenvalue weighted by Gasteiger charge is -2.08. The maximum absolute atomic E-state index is 6.07. The summed E-state index contributed by atoms with van der Waals surface area (Å²) in [7, 11) is 0. The molecule has 3 nitrogen and oxygen atoms in total. The predicted octanol–water partition coefficient (Wildman–Crippen LogP) is 8.28. The summed E-state index contributed by atoms with van der Waals surface area (Å²) in [5, 5.41) is 2.02. The van der Waals surface area contributed by atoms with Crippen LogP contribution in [0, 0.1) is 0 Å². The van der Waals surface area contributed by atoms with Gasteiger partial charge in [0, 0.05) is 32.1 Å². The number of hydrogen-bond acceptors (Lipinski definition) is 2. The number of aliphatic imine (C=N–C) groups is 2. The first kappa shape index (κ1) is 21.1. The third-order valence-electron chi connectivity index (χ3n) is 5.51. The second-order valence-corrected chi connectivity index (χ2v) is 8.65. The Morgan fingerprint density at radius 2 is 1.45 bits per heavy atom. The van der Waals surface area contributed by atoms with Crippen LogP contribution in [-0.4, -0.2) is 11.5 Å². The molecule has 0 atom stereocenters. The number of furan rings is 1. The molecule has 5 aromatic rings. The van der Waals surface area contributed by atoms with Gasteiger partial charge in [-0.2, -0.15) is 0 Å². The molecule has 5 rings (SSSR count). The van der Waals surface area contributed by atoms with Crippen molar-refractivity contribution in [3.63, 3.8) is 0 Å². The average molecular weight is 493 g/mol. The van der Waals surface area contributed by atoms with E-state index in [-0.39, 0.29) is 0 Å². The van der Waals surface area contributed by atoms with Gasteiger partial charge in [0.1, 0.15) is 11.2 Å². The van der Waals surface area contributed by atoms with E-state index >= 15 is 0 Å². The Kier molecular flexibility index (Phi) is 5.76. The van der Waals surface area contributed by atoms with E-state index < -0.39 is 0 Å². The summed E-state index contributed by atoms with van der Waals surface area (Å²) in [6.07, 6.45) is 0. The molecule has 4 aromatic carbocycles. The molecular formula is C29H21BrN2O. The highest BCUT2D eigenvalue weighted by molar-refractivity contribution is 9.10. The summed E-state index contributed by atoms with van der Waals surface area (Å²) in [5.74, 6) is 0.618. The highest BCUT2D eigenvalue weighted by Gasteiger charge is 2.14. The molecule has 0 saturated carbocycles.